The molecule has 0 aromatic heterocycles. The molecule has 0 heterocycles. The van der Waals surface area contributed by atoms with E-state index in [0.717, 1.165) is 22.3 Å². The van der Waals surface area contributed by atoms with Crippen LogP contribution in [0.15, 0.2) is 48.5 Å². The van der Waals surface area contributed by atoms with E-state index in [-0.39, 0.29) is 18.2 Å². The highest BCUT2D eigenvalue weighted by Crippen LogP contribution is 2.21. The number of hydrogen-bond acceptors (Lipinski definition) is 3. The van der Waals surface area contributed by atoms with Gasteiger partial charge in [-0.25, -0.2) is 4.79 Å². The number of carbonyl (C=O) groups excluding carboxylic acids is 2. The molecule has 2 aromatic rings. The number of carboxylic acids is 1. The molecule has 6 heteroatoms. The highest BCUT2D eigenvalue weighted by atomic mass is 16.4. The highest BCUT2D eigenvalue weighted by molar-refractivity contribution is 5.82. The van der Waals surface area contributed by atoms with Crippen LogP contribution in [-0.2, 0) is 27.3 Å². The maximum absolute atomic E-state index is 11.3. The summed E-state index contributed by atoms with van der Waals surface area (Å²) in [4.78, 5) is 33.4. The molecule has 3 N–H and O–H groups in total. The van der Waals surface area contributed by atoms with E-state index in [9.17, 15) is 19.5 Å². The molecule has 0 spiro atoms. The molecule has 1 atom stereocenters. The van der Waals surface area contributed by atoms with Crippen molar-refractivity contribution < 1.29 is 19.5 Å². The first-order chi connectivity index (χ1) is 12.3. The van der Waals surface area contributed by atoms with Crippen LogP contribution < -0.4 is 10.6 Å². The lowest BCUT2D eigenvalue weighted by Crippen LogP contribution is -2.41. The predicted molar refractivity (Wildman–Crippen MR) is 98.3 cm³/mol. The van der Waals surface area contributed by atoms with Gasteiger partial charge in [0, 0.05) is 26.8 Å². The second-order valence-electron chi connectivity index (χ2n) is 6.10. The summed E-state index contributed by atoms with van der Waals surface area (Å²) in [7, 11) is 0. The second-order valence-corrected chi connectivity index (χ2v) is 6.10. The minimum atomic E-state index is -1.06. The Balaban J connectivity index is 2.14. The minimum Gasteiger partial charge on any atom is -0.480 e. The Bertz CT molecular complexity index is 800. The quantitative estimate of drug-likeness (QED) is 0.710. The summed E-state index contributed by atoms with van der Waals surface area (Å²) in [6, 6.07) is 14.4. The summed E-state index contributed by atoms with van der Waals surface area (Å²) in [5, 5.41) is 14.4. The van der Waals surface area contributed by atoms with Gasteiger partial charge >= 0.3 is 5.97 Å². The fraction of sp³-hybridized carbons (Fsp3) is 0.250. The van der Waals surface area contributed by atoms with Crippen LogP contribution in [0.2, 0.25) is 0 Å². The Morgan fingerprint density at radius 3 is 2.19 bits per heavy atom. The Hall–Kier alpha value is -3.15. The summed E-state index contributed by atoms with van der Waals surface area (Å²) in [6.45, 7) is 3.26. The van der Waals surface area contributed by atoms with E-state index in [1.165, 1.54) is 13.8 Å². The molecular formula is C20H22N2O4. The van der Waals surface area contributed by atoms with E-state index in [1.54, 1.807) is 0 Å². The molecule has 0 aliphatic rings. The lowest BCUT2D eigenvalue weighted by Gasteiger charge is -2.14. The van der Waals surface area contributed by atoms with Crippen molar-refractivity contribution in [3.8, 4) is 11.1 Å². The lowest BCUT2D eigenvalue weighted by molar-refractivity contribution is -0.141. The van der Waals surface area contributed by atoms with Crippen LogP contribution in [-0.4, -0.2) is 28.9 Å². The molecule has 0 aliphatic carbocycles. The van der Waals surface area contributed by atoms with Gasteiger partial charge in [0.15, 0.2) is 0 Å². The van der Waals surface area contributed by atoms with E-state index in [0.29, 0.717) is 6.54 Å². The molecule has 2 rings (SSSR count). The zero-order chi connectivity index (χ0) is 19.1. The van der Waals surface area contributed by atoms with Gasteiger partial charge in [-0.3, -0.25) is 9.59 Å². The van der Waals surface area contributed by atoms with Crippen molar-refractivity contribution in [3.63, 3.8) is 0 Å². The summed E-state index contributed by atoms with van der Waals surface area (Å²) in [6.07, 6.45) is 0.212. The number of amides is 2. The molecule has 136 valence electrons. The van der Waals surface area contributed by atoms with Crippen LogP contribution >= 0.6 is 0 Å². The molecule has 0 unspecified atom stereocenters. The van der Waals surface area contributed by atoms with E-state index in [1.807, 2.05) is 48.5 Å². The monoisotopic (exact) mass is 354 g/mol. The van der Waals surface area contributed by atoms with Crippen LogP contribution in [0.25, 0.3) is 11.1 Å². The van der Waals surface area contributed by atoms with Crippen LogP contribution in [0.1, 0.15) is 25.0 Å². The van der Waals surface area contributed by atoms with Gasteiger partial charge in [-0.2, -0.15) is 0 Å². The average Bonchev–Trinajstić information content (AvgIpc) is 2.59. The third-order valence-electron chi connectivity index (χ3n) is 3.87. The van der Waals surface area contributed by atoms with Gasteiger partial charge < -0.3 is 15.7 Å². The Morgan fingerprint density at radius 1 is 0.923 bits per heavy atom. The van der Waals surface area contributed by atoms with Crippen molar-refractivity contribution in [3.05, 3.63) is 59.7 Å². The molecule has 6 nitrogen and oxygen atoms in total. The normalized spacial score (nSPS) is 11.5. The van der Waals surface area contributed by atoms with E-state index in [2.05, 4.69) is 10.6 Å². The van der Waals surface area contributed by atoms with E-state index >= 15 is 0 Å². The zero-order valence-corrected chi connectivity index (χ0v) is 14.8. The molecule has 0 aliphatic heterocycles. The third-order valence-corrected chi connectivity index (χ3v) is 3.87. The average molecular weight is 354 g/mol. The Morgan fingerprint density at radius 2 is 1.62 bits per heavy atom. The highest BCUT2D eigenvalue weighted by Gasteiger charge is 2.18. The van der Waals surface area contributed by atoms with Gasteiger partial charge in [-0.15, -0.1) is 0 Å². The molecule has 0 saturated heterocycles. The van der Waals surface area contributed by atoms with Crippen LogP contribution in [0.4, 0.5) is 0 Å². The molecule has 2 aromatic carbocycles. The van der Waals surface area contributed by atoms with Crippen molar-refractivity contribution in [1.82, 2.24) is 10.6 Å². The zero-order valence-electron chi connectivity index (χ0n) is 14.8. The molecule has 0 radical (unpaired) electrons. The number of rotatable bonds is 7. The van der Waals surface area contributed by atoms with Crippen LogP contribution in [0.5, 0.6) is 0 Å². The fourth-order valence-electron chi connectivity index (χ4n) is 2.60. The number of carboxylic acid groups (broad SMARTS) is 1. The predicted octanol–water partition coefficient (Wildman–Crippen LogP) is 2.12. The molecule has 0 bridgehead atoms. The van der Waals surface area contributed by atoms with Crippen molar-refractivity contribution >= 4 is 17.8 Å². The third kappa shape index (κ3) is 5.73. The van der Waals surface area contributed by atoms with Crippen LogP contribution in [0.3, 0.4) is 0 Å². The van der Waals surface area contributed by atoms with E-state index in [4.69, 9.17) is 0 Å². The number of aliphatic carboxylic acids is 1. The second kappa shape index (κ2) is 8.80. The number of nitrogens with one attached hydrogen (secondary N) is 2. The smallest absolute Gasteiger partial charge is 0.326 e. The van der Waals surface area contributed by atoms with Gasteiger partial charge in [-0.05, 0) is 22.3 Å². The van der Waals surface area contributed by atoms with E-state index < -0.39 is 12.0 Å². The summed E-state index contributed by atoms with van der Waals surface area (Å²) >= 11 is 0. The summed E-state index contributed by atoms with van der Waals surface area (Å²) in [5.74, 6) is -1.51. The molecule has 2 amide bonds. The summed E-state index contributed by atoms with van der Waals surface area (Å²) in [5.41, 5.74) is 3.77. The van der Waals surface area contributed by atoms with Crippen molar-refractivity contribution in [1.29, 1.82) is 0 Å². The summed E-state index contributed by atoms with van der Waals surface area (Å²) < 4.78 is 0. The van der Waals surface area contributed by atoms with Gasteiger partial charge in [-0.1, -0.05) is 48.5 Å². The standard InChI is InChI=1S/C20H22N2O4/c1-13(23)21-12-15-6-8-17(9-7-15)18-5-3-4-16(10-18)11-19(20(25)26)22-14(2)24/h3-10,19H,11-12H2,1-2H3,(H,21,23)(H,22,24)(H,25,26)/t19-/m0/s1. The maximum Gasteiger partial charge on any atom is 0.326 e. The lowest BCUT2D eigenvalue weighted by atomic mass is 9.98. The Labute approximate surface area is 152 Å². The van der Waals surface area contributed by atoms with Crippen molar-refractivity contribution in [2.24, 2.45) is 0 Å². The first kappa shape index (κ1) is 19.2. The minimum absolute atomic E-state index is 0.0751. The molecule has 26 heavy (non-hydrogen) atoms. The largest absolute Gasteiger partial charge is 0.480 e. The molecular weight excluding hydrogens is 332 g/mol. The topological polar surface area (TPSA) is 95.5 Å². The number of carbonyl (C=O) groups is 3. The molecule has 0 fully saturated rings. The van der Waals surface area contributed by atoms with Crippen LogP contribution in [0, 0.1) is 0 Å². The first-order valence-corrected chi connectivity index (χ1v) is 8.27. The number of benzene rings is 2. The maximum atomic E-state index is 11.3. The van der Waals surface area contributed by atoms with Crippen molar-refractivity contribution in [2.45, 2.75) is 32.9 Å². The van der Waals surface area contributed by atoms with Gasteiger partial charge in [0.1, 0.15) is 6.04 Å². The van der Waals surface area contributed by atoms with Crippen molar-refractivity contribution in [2.75, 3.05) is 0 Å². The SMILES string of the molecule is CC(=O)NCc1ccc(-c2cccc(C[C@H](NC(C)=O)C(=O)O)c2)cc1. The van der Waals surface area contributed by atoms with Gasteiger partial charge in [0.25, 0.3) is 0 Å². The van der Waals surface area contributed by atoms with Gasteiger partial charge in [0.05, 0.1) is 0 Å². The first-order valence-electron chi connectivity index (χ1n) is 8.27. The fourth-order valence-corrected chi connectivity index (χ4v) is 2.60. The number of hydrogen-bond donors (Lipinski definition) is 3. The Kier molecular flexibility index (Phi) is 6.49. The van der Waals surface area contributed by atoms with Gasteiger partial charge in [0.2, 0.25) is 11.8 Å². The molecule has 0 saturated carbocycles.